The van der Waals surface area contributed by atoms with Crippen molar-refractivity contribution < 1.29 is 0 Å². The summed E-state index contributed by atoms with van der Waals surface area (Å²) in [5.74, 6) is 1.62. The molecule has 2 nitrogen and oxygen atoms in total. The molecule has 94 valence electrons. The summed E-state index contributed by atoms with van der Waals surface area (Å²) >= 11 is 7.74. The van der Waals surface area contributed by atoms with E-state index in [9.17, 15) is 0 Å². The molecular weight excluding hydrogens is 308 g/mol. The maximum absolute atomic E-state index is 4.61. The summed E-state index contributed by atoms with van der Waals surface area (Å²) in [6, 6.07) is 8.26. The molecule has 0 saturated carbocycles. The van der Waals surface area contributed by atoms with E-state index in [0.29, 0.717) is 0 Å². The fourth-order valence-corrected chi connectivity index (χ4v) is 2.41. The molecule has 2 rings (SSSR count). The molecule has 0 aliphatic heterocycles. The molecule has 0 bridgehead atoms. The predicted octanol–water partition coefficient (Wildman–Crippen LogP) is 4.00. The van der Waals surface area contributed by atoms with E-state index >= 15 is 0 Å². The Labute approximate surface area is 121 Å². The minimum atomic E-state index is 0.764. The van der Waals surface area contributed by atoms with E-state index in [0.717, 1.165) is 39.4 Å². The maximum atomic E-state index is 4.61. The van der Waals surface area contributed by atoms with Crippen LogP contribution in [0.5, 0.6) is 0 Å². The molecule has 0 aliphatic carbocycles. The van der Waals surface area contributed by atoms with Crippen molar-refractivity contribution in [1.82, 2.24) is 9.97 Å². The van der Waals surface area contributed by atoms with Crippen molar-refractivity contribution in [3.05, 3.63) is 45.8 Å². The van der Waals surface area contributed by atoms with Crippen LogP contribution in [0.25, 0.3) is 11.3 Å². The van der Waals surface area contributed by atoms with Gasteiger partial charge >= 0.3 is 0 Å². The lowest BCUT2D eigenvalue weighted by atomic mass is 10.1. The molecule has 1 aromatic heterocycles. The zero-order chi connectivity index (χ0) is 13.1. The number of aryl methyl sites for hydroxylation is 3. The number of hydrogen-bond donors (Lipinski definition) is 1. The lowest BCUT2D eigenvalue weighted by Crippen LogP contribution is -2.00. The van der Waals surface area contributed by atoms with Crippen LogP contribution in [-0.4, -0.2) is 15.7 Å². The maximum Gasteiger partial charge on any atom is 0.130 e. The number of aromatic nitrogens is 2. The minimum absolute atomic E-state index is 0.764. The second-order valence-electron chi connectivity index (χ2n) is 4.24. The van der Waals surface area contributed by atoms with Crippen LogP contribution in [0.2, 0.25) is 0 Å². The van der Waals surface area contributed by atoms with Gasteiger partial charge in [0.2, 0.25) is 0 Å². The van der Waals surface area contributed by atoms with Crippen LogP contribution in [0, 0.1) is 13.8 Å². The van der Waals surface area contributed by atoms with Gasteiger partial charge in [-0.15, -0.1) is 0 Å². The molecule has 18 heavy (non-hydrogen) atoms. The van der Waals surface area contributed by atoms with Crippen molar-refractivity contribution in [2.24, 2.45) is 0 Å². The van der Waals surface area contributed by atoms with Crippen molar-refractivity contribution in [2.45, 2.75) is 20.3 Å². The summed E-state index contributed by atoms with van der Waals surface area (Å²) in [5, 5.41) is 0. The molecular formula is C14H15BrN2S. The van der Waals surface area contributed by atoms with Gasteiger partial charge in [-0.05, 0) is 43.4 Å². The molecule has 1 aromatic carbocycles. The van der Waals surface area contributed by atoms with Gasteiger partial charge in [0.05, 0.1) is 5.69 Å². The number of thiol groups is 1. The van der Waals surface area contributed by atoms with Crippen molar-refractivity contribution in [1.29, 1.82) is 0 Å². The second-order valence-corrected chi connectivity index (χ2v) is 5.61. The van der Waals surface area contributed by atoms with E-state index in [4.69, 9.17) is 0 Å². The third kappa shape index (κ3) is 3.12. The SMILES string of the molecule is Cc1cc(-c2cc(Br)ccc2C)nc(CCS)n1. The highest BCUT2D eigenvalue weighted by molar-refractivity contribution is 9.10. The summed E-state index contributed by atoms with van der Waals surface area (Å²) < 4.78 is 1.06. The summed E-state index contributed by atoms with van der Waals surface area (Å²) in [5.41, 5.74) is 4.35. The van der Waals surface area contributed by atoms with Crippen molar-refractivity contribution in [2.75, 3.05) is 5.75 Å². The van der Waals surface area contributed by atoms with Crippen LogP contribution in [0.1, 0.15) is 17.1 Å². The Hall–Kier alpha value is -0.870. The van der Waals surface area contributed by atoms with E-state index in [1.54, 1.807) is 0 Å². The Bertz CT molecular complexity index is 570. The average Bonchev–Trinajstić information content (AvgIpc) is 2.32. The second kappa shape index (κ2) is 5.85. The molecule has 0 radical (unpaired) electrons. The Balaban J connectivity index is 2.52. The molecule has 0 saturated heterocycles. The number of nitrogens with zero attached hydrogens (tertiary/aromatic N) is 2. The number of halogens is 1. The molecule has 0 atom stereocenters. The molecule has 4 heteroatoms. The van der Waals surface area contributed by atoms with Gasteiger partial charge in [0.15, 0.2) is 0 Å². The standard InChI is InChI=1S/C14H15BrN2S/c1-9-3-4-11(15)8-12(9)13-7-10(2)16-14(17-13)5-6-18/h3-4,7-8,18H,5-6H2,1-2H3. The highest BCUT2D eigenvalue weighted by Gasteiger charge is 2.07. The molecule has 0 fully saturated rings. The smallest absolute Gasteiger partial charge is 0.130 e. The predicted molar refractivity (Wildman–Crippen MR) is 82.2 cm³/mol. The van der Waals surface area contributed by atoms with Gasteiger partial charge in [0.1, 0.15) is 5.82 Å². The van der Waals surface area contributed by atoms with Gasteiger partial charge in [-0.2, -0.15) is 12.6 Å². The molecule has 0 N–H and O–H groups in total. The van der Waals surface area contributed by atoms with E-state index in [1.807, 2.05) is 19.1 Å². The van der Waals surface area contributed by atoms with E-state index in [2.05, 4.69) is 57.6 Å². The average molecular weight is 323 g/mol. The van der Waals surface area contributed by atoms with Gasteiger partial charge in [0, 0.05) is 22.2 Å². The Morgan fingerprint density at radius 3 is 2.67 bits per heavy atom. The van der Waals surface area contributed by atoms with Gasteiger partial charge < -0.3 is 0 Å². The fourth-order valence-electron chi connectivity index (χ4n) is 1.85. The normalized spacial score (nSPS) is 10.7. The van der Waals surface area contributed by atoms with Crippen LogP contribution >= 0.6 is 28.6 Å². The first-order valence-corrected chi connectivity index (χ1v) is 7.24. The first-order chi connectivity index (χ1) is 8.60. The molecule has 0 amide bonds. The molecule has 0 spiro atoms. The number of benzene rings is 1. The molecule has 0 unspecified atom stereocenters. The van der Waals surface area contributed by atoms with E-state index in [-0.39, 0.29) is 0 Å². The third-order valence-corrected chi connectivity index (χ3v) is 3.43. The molecule has 1 heterocycles. The minimum Gasteiger partial charge on any atom is -0.238 e. The first kappa shape index (κ1) is 13.6. The van der Waals surface area contributed by atoms with Crippen molar-refractivity contribution >= 4 is 28.6 Å². The van der Waals surface area contributed by atoms with E-state index in [1.165, 1.54) is 5.56 Å². The highest BCUT2D eigenvalue weighted by atomic mass is 79.9. The van der Waals surface area contributed by atoms with Crippen LogP contribution in [0.15, 0.2) is 28.7 Å². The molecule has 2 aromatic rings. The first-order valence-electron chi connectivity index (χ1n) is 5.82. The monoisotopic (exact) mass is 322 g/mol. The Kier molecular flexibility index (Phi) is 4.40. The fraction of sp³-hybridized carbons (Fsp3) is 0.286. The summed E-state index contributed by atoms with van der Waals surface area (Å²) in [4.78, 5) is 9.04. The third-order valence-electron chi connectivity index (χ3n) is 2.71. The van der Waals surface area contributed by atoms with Gasteiger partial charge in [-0.3, -0.25) is 0 Å². The van der Waals surface area contributed by atoms with E-state index < -0.39 is 0 Å². The summed E-state index contributed by atoms with van der Waals surface area (Å²) in [6.45, 7) is 4.10. The van der Waals surface area contributed by atoms with Crippen LogP contribution < -0.4 is 0 Å². The lowest BCUT2D eigenvalue weighted by Gasteiger charge is -2.08. The summed E-state index contributed by atoms with van der Waals surface area (Å²) in [6.07, 6.45) is 0.796. The number of rotatable bonds is 3. The van der Waals surface area contributed by atoms with Crippen molar-refractivity contribution in [3.63, 3.8) is 0 Å². The topological polar surface area (TPSA) is 25.8 Å². The molecule has 0 aliphatic rings. The van der Waals surface area contributed by atoms with Crippen LogP contribution in [0.3, 0.4) is 0 Å². The Morgan fingerprint density at radius 2 is 1.94 bits per heavy atom. The van der Waals surface area contributed by atoms with Gasteiger partial charge in [0.25, 0.3) is 0 Å². The Morgan fingerprint density at radius 1 is 1.17 bits per heavy atom. The van der Waals surface area contributed by atoms with Crippen LogP contribution in [-0.2, 0) is 6.42 Å². The lowest BCUT2D eigenvalue weighted by molar-refractivity contribution is 0.929. The van der Waals surface area contributed by atoms with Gasteiger partial charge in [-0.25, -0.2) is 9.97 Å². The zero-order valence-electron chi connectivity index (χ0n) is 10.4. The van der Waals surface area contributed by atoms with Crippen LogP contribution in [0.4, 0.5) is 0 Å². The number of hydrogen-bond acceptors (Lipinski definition) is 3. The van der Waals surface area contributed by atoms with Gasteiger partial charge in [-0.1, -0.05) is 22.0 Å². The summed E-state index contributed by atoms with van der Waals surface area (Å²) in [7, 11) is 0. The van der Waals surface area contributed by atoms with Crippen molar-refractivity contribution in [3.8, 4) is 11.3 Å². The quantitative estimate of drug-likeness (QED) is 0.864. The highest BCUT2D eigenvalue weighted by Crippen LogP contribution is 2.25. The zero-order valence-corrected chi connectivity index (χ0v) is 12.9. The largest absolute Gasteiger partial charge is 0.238 e.